The number of aromatic nitrogens is 1. The van der Waals surface area contributed by atoms with Gasteiger partial charge in [-0.05, 0) is 66.4 Å². The lowest BCUT2D eigenvalue weighted by molar-refractivity contribution is 0.112. The monoisotopic (exact) mass is 372 g/mol. The topological polar surface area (TPSA) is 45.2 Å². The van der Waals surface area contributed by atoms with E-state index in [2.05, 4.69) is 29.9 Å². The van der Waals surface area contributed by atoms with E-state index in [0.717, 1.165) is 42.6 Å². The highest BCUT2D eigenvalue weighted by molar-refractivity contribution is 5.55. The second-order valence-electron chi connectivity index (χ2n) is 8.17. The predicted molar refractivity (Wildman–Crippen MR) is 115 cm³/mol. The van der Waals surface area contributed by atoms with Crippen molar-refractivity contribution in [1.82, 2.24) is 4.98 Å². The molecular weight excluding hydrogens is 344 g/mol. The van der Waals surface area contributed by atoms with Gasteiger partial charge in [-0.2, -0.15) is 0 Å². The Kier molecular flexibility index (Phi) is 5.19. The van der Waals surface area contributed by atoms with Gasteiger partial charge in [0.25, 0.3) is 0 Å². The molecule has 2 N–H and O–H groups in total. The SMILES string of the molecule is C=CC1=C(Nc2cccnc2)C=C2CC[C@H](CC(O)c3ccccc3)C2(C)C1. The summed E-state index contributed by atoms with van der Waals surface area (Å²) in [6.45, 7) is 6.42. The van der Waals surface area contributed by atoms with Gasteiger partial charge in [-0.1, -0.05) is 55.5 Å². The molecule has 1 aromatic carbocycles. The first-order chi connectivity index (χ1) is 13.6. The Morgan fingerprint density at radius 2 is 2.11 bits per heavy atom. The number of hydrogen-bond acceptors (Lipinski definition) is 3. The van der Waals surface area contributed by atoms with Gasteiger partial charge < -0.3 is 10.4 Å². The minimum absolute atomic E-state index is 0.0827. The van der Waals surface area contributed by atoms with Crippen LogP contribution < -0.4 is 5.32 Å². The van der Waals surface area contributed by atoms with Gasteiger partial charge in [0, 0.05) is 11.9 Å². The van der Waals surface area contributed by atoms with Crippen molar-refractivity contribution in [3.8, 4) is 0 Å². The molecule has 0 amide bonds. The lowest BCUT2D eigenvalue weighted by atomic mass is 9.68. The van der Waals surface area contributed by atoms with Crippen molar-refractivity contribution in [2.24, 2.45) is 11.3 Å². The van der Waals surface area contributed by atoms with Crippen molar-refractivity contribution >= 4 is 5.69 Å². The molecule has 2 aliphatic rings. The second kappa shape index (κ2) is 7.76. The number of nitrogens with zero attached hydrogens (tertiary/aromatic N) is 1. The maximum absolute atomic E-state index is 10.8. The third-order valence-electron chi connectivity index (χ3n) is 6.50. The molecule has 2 aromatic rings. The number of rotatable bonds is 6. The van der Waals surface area contributed by atoms with Crippen molar-refractivity contribution in [3.05, 3.63) is 96.0 Å². The molecule has 0 radical (unpaired) electrons. The van der Waals surface area contributed by atoms with Gasteiger partial charge in [0.1, 0.15) is 0 Å². The van der Waals surface area contributed by atoms with Crippen LogP contribution >= 0.6 is 0 Å². The van der Waals surface area contributed by atoms with E-state index in [-0.39, 0.29) is 5.41 Å². The van der Waals surface area contributed by atoms with Crippen LogP contribution in [0.5, 0.6) is 0 Å². The molecule has 1 fully saturated rings. The minimum atomic E-state index is -0.409. The number of allylic oxidation sites excluding steroid dienone is 4. The quantitative estimate of drug-likeness (QED) is 0.673. The van der Waals surface area contributed by atoms with Gasteiger partial charge in [0.2, 0.25) is 0 Å². The Bertz CT molecular complexity index is 901. The number of fused-ring (bicyclic) bond motifs is 1. The molecule has 0 spiro atoms. The zero-order valence-corrected chi connectivity index (χ0v) is 16.4. The lowest BCUT2D eigenvalue weighted by Gasteiger charge is -2.38. The van der Waals surface area contributed by atoms with E-state index >= 15 is 0 Å². The van der Waals surface area contributed by atoms with Crippen LogP contribution in [0.2, 0.25) is 0 Å². The molecule has 0 aliphatic heterocycles. The van der Waals surface area contributed by atoms with Gasteiger partial charge in [0.15, 0.2) is 0 Å². The molecule has 3 atom stereocenters. The van der Waals surface area contributed by atoms with Crippen LogP contribution in [0.4, 0.5) is 5.69 Å². The molecule has 4 rings (SSSR count). The fourth-order valence-corrected chi connectivity index (χ4v) is 4.80. The molecule has 0 bridgehead atoms. The first-order valence-electron chi connectivity index (χ1n) is 10.1. The standard InChI is InChI=1S/C25H28N2O/c1-3-18-16-25(2)20(14-23(18)27-22-10-7-13-26-17-22)11-12-21(25)15-24(28)19-8-5-4-6-9-19/h3-10,13-14,17,21,24,27-28H,1,11-12,15-16H2,2H3/t21-,24?,25?/m1/s1. The van der Waals surface area contributed by atoms with Crippen LogP contribution in [-0.4, -0.2) is 10.1 Å². The highest BCUT2D eigenvalue weighted by Gasteiger charge is 2.45. The van der Waals surface area contributed by atoms with E-state index in [0.29, 0.717) is 5.92 Å². The molecule has 1 aromatic heterocycles. The zero-order chi connectivity index (χ0) is 19.6. The summed E-state index contributed by atoms with van der Waals surface area (Å²) in [4.78, 5) is 4.20. The Labute approximate surface area is 167 Å². The average molecular weight is 373 g/mol. The summed E-state index contributed by atoms with van der Waals surface area (Å²) in [5.74, 6) is 0.462. The zero-order valence-electron chi connectivity index (χ0n) is 16.4. The van der Waals surface area contributed by atoms with Crippen molar-refractivity contribution in [3.63, 3.8) is 0 Å². The van der Waals surface area contributed by atoms with E-state index in [1.165, 1.54) is 11.1 Å². The van der Waals surface area contributed by atoms with Gasteiger partial charge in [-0.3, -0.25) is 4.98 Å². The molecule has 144 valence electrons. The average Bonchev–Trinajstić information content (AvgIpc) is 3.04. The molecule has 0 saturated heterocycles. The number of anilines is 1. The first kappa shape index (κ1) is 18.7. The molecule has 2 aliphatic carbocycles. The largest absolute Gasteiger partial charge is 0.388 e. The van der Waals surface area contributed by atoms with Crippen LogP contribution in [-0.2, 0) is 0 Å². The van der Waals surface area contributed by atoms with Gasteiger partial charge >= 0.3 is 0 Å². The van der Waals surface area contributed by atoms with E-state index in [1.54, 1.807) is 6.20 Å². The first-order valence-corrected chi connectivity index (χ1v) is 10.1. The molecule has 3 nitrogen and oxygen atoms in total. The third-order valence-corrected chi connectivity index (χ3v) is 6.50. The molecule has 2 unspecified atom stereocenters. The van der Waals surface area contributed by atoms with E-state index in [1.807, 2.05) is 54.7 Å². The summed E-state index contributed by atoms with van der Waals surface area (Å²) in [5.41, 5.74) is 5.93. The highest BCUT2D eigenvalue weighted by Crippen LogP contribution is 2.56. The predicted octanol–water partition coefficient (Wildman–Crippen LogP) is 5.80. The van der Waals surface area contributed by atoms with Crippen LogP contribution in [0.1, 0.15) is 44.3 Å². The summed E-state index contributed by atoms with van der Waals surface area (Å²) in [7, 11) is 0. The minimum Gasteiger partial charge on any atom is -0.388 e. The summed E-state index contributed by atoms with van der Waals surface area (Å²) in [6.07, 6.45) is 11.5. The third kappa shape index (κ3) is 3.55. The van der Waals surface area contributed by atoms with Gasteiger partial charge in [-0.15, -0.1) is 0 Å². The summed E-state index contributed by atoms with van der Waals surface area (Å²) >= 11 is 0. The normalized spacial score (nSPS) is 25.1. The summed E-state index contributed by atoms with van der Waals surface area (Å²) in [5, 5.41) is 14.3. The molecule has 1 saturated carbocycles. The Balaban J connectivity index is 1.55. The van der Waals surface area contributed by atoms with Crippen molar-refractivity contribution in [2.75, 3.05) is 5.32 Å². The van der Waals surface area contributed by atoms with Crippen LogP contribution in [0.25, 0.3) is 0 Å². The number of aliphatic hydroxyl groups excluding tert-OH is 1. The lowest BCUT2D eigenvalue weighted by Crippen LogP contribution is -2.28. The summed E-state index contributed by atoms with van der Waals surface area (Å²) in [6, 6.07) is 14.0. The Morgan fingerprint density at radius 3 is 2.82 bits per heavy atom. The van der Waals surface area contributed by atoms with Gasteiger partial charge in [-0.25, -0.2) is 0 Å². The Hall–Kier alpha value is -2.65. The number of pyridine rings is 1. The van der Waals surface area contributed by atoms with Crippen LogP contribution in [0.3, 0.4) is 0 Å². The molecule has 3 heteroatoms. The van der Waals surface area contributed by atoms with E-state index in [9.17, 15) is 5.11 Å². The van der Waals surface area contributed by atoms with Crippen LogP contribution in [0, 0.1) is 11.3 Å². The molecule has 1 heterocycles. The smallest absolute Gasteiger partial charge is 0.0793 e. The van der Waals surface area contributed by atoms with Crippen LogP contribution in [0.15, 0.2) is 90.4 Å². The Morgan fingerprint density at radius 1 is 1.29 bits per heavy atom. The fraction of sp³-hybridized carbons (Fsp3) is 0.320. The van der Waals surface area contributed by atoms with Crippen molar-refractivity contribution in [2.45, 2.75) is 38.7 Å². The van der Waals surface area contributed by atoms with Gasteiger partial charge in [0.05, 0.1) is 18.0 Å². The number of nitrogens with one attached hydrogen (secondary N) is 1. The van der Waals surface area contributed by atoms with Crippen molar-refractivity contribution < 1.29 is 5.11 Å². The second-order valence-corrected chi connectivity index (χ2v) is 8.17. The fourth-order valence-electron chi connectivity index (χ4n) is 4.80. The van der Waals surface area contributed by atoms with Crippen molar-refractivity contribution in [1.29, 1.82) is 0 Å². The number of aliphatic hydroxyl groups is 1. The maximum Gasteiger partial charge on any atom is 0.0793 e. The number of benzene rings is 1. The number of hydrogen-bond donors (Lipinski definition) is 2. The van der Waals surface area contributed by atoms with E-state index in [4.69, 9.17) is 0 Å². The molecular formula is C25H28N2O. The van der Waals surface area contributed by atoms with E-state index < -0.39 is 6.10 Å². The molecule has 28 heavy (non-hydrogen) atoms. The summed E-state index contributed by atoms with van der Waals surface area (Å²) < 4.78 is 0. The maximum atomic E-state index is 10.8. The highest BCUT2D eigenvalue weighted by atomic mass is 16.3.